The lowest BCUT2D eigenvalue weighted by Gasteiger charge is -1.99. The first-order valence-corrected chi connectivity index (χ1v) is 6.41. The van der Waals surface area contributed by atoms with Crippen molar-refractivity contribution < 1.29 is 0 Å². The smallest absolute Gasteiger partial charge is 0.192 e. The molecule has 0 aliphatic carbocycles. The van der Waals surface area contributed by atoms with Crippen LogP contribution in [0.2, 0.25) is 0 Å². The first-order chi connectivity index (χ1) is 9.79. The van der Waals surface area contributed by atoms with E-state index in [1.165, 1.54) is 6.33 Å². The van der Waals surface area contributed by atoms with Gasteiger partial charge in [-0.3, -0.25) is 5.10 Å². The normalized spacial score (nSPS) is 9.70. The van der Waals surface area contributed by atoms with Crippen molar-refractivity contribution in [3.05, 3.63) is 47.8 Å². The van der Waals surface area contributed by atoms with Crippen molar-refractivity contribution in [3.8, 4) is 11.3 Å². The van der Waals surface area contributed by atoms with E-state index in [-0.39, 0.29) is 0 Å². The molecule has 20 heavy (non-hydrogen) atoms. The monoisotopic (exact) mass is 265 g/mol. The van der Waals surface area contributed by atoms with E-state index in [0.29, 0.717) is 5.69 Å². The molecule has 0 unspecified atom stereocenters. The van der Waals surface area contributed by atoms with Gasteiger partial charge in [-0.05, 0) is 18.6 Å². The van der Waals surface area contributed by atoms with Gasteiger partial charge >= 0.3 is 0 Å². The molecule has 0 amide bonds. The van der Waals surface area contributed by atoms with Crippen LogP contribution in [0.25, 0.3) is 27.0 Å². The number of hydrogen-bond acceptors (Lipinski definition) is 3. The Kier molecular flexibility index (Phi) is 4.06. The van der Waals surface area contributed by atoms with E-state index in [1.54, 1.807) is 12.4 Å². The van der Waals surface area contributed by atoms with Crippen LogP contribution in [0.15, 0.2) is 30.9 Å². The first-order valence-electron chi connectivity index (χ1n) is 6.41. The van der Waals surface area contributed by atoms with Crippen LogP contribution in [0.3, 0.4) is 0 Å². The molecule has 0 aliphatic heterocycles. The van der Waals surface area contributed by atoms with Crippen LogP contribution in [0.5, 0.6) is 0 Å². The lowest BCUT2D eigenvalue weighted by atomic mass is 10.1. The topological polar surface area (TPSA) is 58.8 Å². The number of aromatic amines is 1. The highest BCUT2D eigenvalue weighted by molar-refractivity contribution is 5.95. The largest absolute Gasteiger partial charge is 0.278 e. The molecule has 0 spiro atoms. The number of aryl methyl sites for hydroxylation is 1. The van der Waals surface area contributed by atoms with Crippen LogP contribution in [-0.4, -0.2) is 20.2 Å². The van der Waals surface area contributed by atoms with Crippen molar-refractivity contribution in [2.24, 2.45) is 0 Å². The van der Waals surface area contributed by atoms with Gasteiger partial charge in [0.2, 0.25) is 0 Å². The standard InChI is InChI=1S/C13H9N5.C2H6/c1-8-3-10-12(4-11(8)14-2)17-18-13(10)9-5-15-7-16-6-9;1-2/h3-7H,1H3,(H,17,18);1-2H3. The fourth-order valence-corrected chi connectivity index (χ4v) is 1.92. The maximum absolute atomic E-state index is 7.10. The molecule has 2 heterocycles. The minimum atomic E-state index is 0.641. The second kappa shape index (κ2) is 5.93. The fourth-order valence-electron chi connectivity index (χ4n) is 1.92. The van der Waals surface area contributed by atoms with Gasteiger partial charge in [-0.1, -0.05) is 19.9 Å². The van der Waals surface area contributed by atoms with E-state index in [4.69, 9.17) is 6.57 Å². The van der Waals surface area contributed by atoms with Gasteiger partial charge in [0.25, 0.3) is 0 Å². The number of H-pyrrole nitrogens is 1. The summed E-state index contributed by atoms with van der Waals surface area (Å²) in [6, 6.07) is 3.78. The molecule has 0 aliphatic rings. The molecule has 1 aromatic carbocycles. The average Bonchev–Trinajstić information content (AvgIpc) is 2.92. The molecule has 0 bridgehead atoms. The van der Waals surface area contributed by atoms with Crippen LogP contribution in [-0.2, 0) is 0 Å². The van der Waals surface area contributed by atoms with Crippen molar-refractivity contribution in [1.29, 1.82) is 0 Å². The van der Waals surface area contributed by atoms with Gasteiger partial charge in [0.1, 0.15) is 12.0 Å². The highest BCUT2D eigenvalue weighted by atomic mass is 15.1. The average molecular weight is 265 g/mol. The van der Waals surface area contributed by atoms with Gasteiger partial charge in [-0.25, -0.2) is 14.8 Å². The molecule has 3 aromatic rings. The van der Waals surface area contributed by atoms with Crippen molar-refractivity contribution in [2.45, 2.75) is 20.8 Å². The summed E-state index contributed by atoms with van der Waals surface area (Å²) in [5.74, 6) is 0. The molecule has 0 radical (unpaired) electrons. The number of rotatable bonds is 1. The van der Waals surface area contributed by atoms with Crippen molar-refractivity contribution >= 4 is 16.6 Å². The lowest BCUT2D eigenvalue weighted by molar-refractivity contribution is 1.11. The molecule has 0 fully saturated rings. The summed E-state index contributed by atoms with van der Waals surface area (Å²) in [6.45, 7) is 13.0. The number of aromatic nitrogens is 4. The van der Waals surface area contributed by atoms with Crippen molar-refractivity contribution in [3.63, 3.8) is 0 Å². The maximum atomic E-state index is 7.10. The Morgan fingerprint density at radius 2 is 1.85 bits per heavy atom. The third-order valence-corrected chi connectivity index (χ3v) is 2.83. The van der Waals surface area contributed by atoms with Crippen molar-refractivity contribution in [2.75, 3.05) is 0 Å². The second-order valence-corrected chi connectivity index (χ2v) is 4.00. The third kappa shape index (κ3) is 2.36. The number of nitrogens with one attached hydrogen (secondary N) is 1. The van der Waals surface area contributed by atoms with E-state index in [0.717, 1.165) is 27.7 Å². The molecular weight excluding hydrogens is 250 g/mol. The third-order valence-electron chi connectivity index (χ3n) is 2.83. The van der Waals surface area contributed by atoms with Gasteiger partial charge in [0.15, 0.2) is 5.69 Å². The molecule has 5 heteroatoms. The predicted molar refractivity (Wildman–Crippen MR) is 79.5 cm³/mol. The summed E-state index contributed by atoms with van der Waals surface area (Å²) in [7, 11) is 0. The zero-order valence-corrected chi connectivity index (χ0v) is 11.7. The molecule has 0 saturated heterocycles. The Balaban J connectivity index is 0.000000704. The summed E-state index contributed by atoms with van der Waals surface area (Å²) in [5.41, 5.74) is 4.11. The number of benzene rings is 1. The maximum Gasteiger partial charge on any atom is 0.192 e. The van der Waals surface area contributed by atoms with E-state index in [2.05, 4.69) is 25.0 Å². The van der Waals surface area contributed by atoms with Gasteiger partial charge in [0.05, 0.1) is 12.1 Å². The molecule has 0 saturated carbocycles. The Hall–Kier alpha value is -2.74. The first kappa shape index (κ1) is 13.7. The molecule has 1 N–H and O–H groups in total. The van der Waals surface area contributed by atoms with Gasteiger partial charge in [-0.15, -0.1) is 0 Å². The predicted octanol–water partition coefficient (Wildman–Crippen LogP) is 3.91. The number of hydrogen-bond donors (Lipinski definition) is 1. The molecule has 3 rings (SSSR count). The quantitative estimate of drug-likeness (QED) is 0.679. The summed E-state index contributed by atoms with van der Waals surface area (Å²) in [5, 5.41) is 8.20. The molecule has 0 atom stereocenters. The van der Waals surface area contributed by atoms with Crippen LogP contribution < -0.4 is 0 Å². The fraction of sp³-hybridized carbons (Fsp3) is 0.200. The molecule has 100 valence electrons. The van der Waals surface area contributed by atoms with Crippen LogP contribution in [0, 0.1) is 13.5 Å². The Labute approximate surface area is 117 Å². The van der Waals surface area contributed by atoms with Gasteiger partial charge in [0, 0.05) is 23.3 Å². The van der Waals surface area contributed by atoms with Crippen molar-refractivity contribution in [1.82, 2.24) is 20.2 Å². The molecule has 5 nitrogen and oxygen atoms in total. The van der Waals surface area contributed by atoms with Gasteiger partial charge < -0.3 is 0 Å². The van der Waals surface area contributed by atoms with Gasteiger partial charge in [-0.2, -0.15) is 5.10 Å². The zero-order valence-electron chi connectivity index (χ0n) is 11.7. The summed E-state index contributed by atoms with van der Waals surface area (Å²) >= 11 is 0. The lowest BCUT2D eigenvalue weighted by Crippen LogP contribution is -1.83. The highest BCUT2D eigenvalue weighted by Gasteiger charge is 2.10. The summed E-state index contributed by atoms with van der Waals surface area (Å²) in [6.07, 6.45) is 4.93. The molecule has 2 aromatic heterocycles. The zero-order chi connectivity index (χ0) is 14.5. The van der Waals surface area contributed by atoms with E-state index < -0.39 is 0 Å². The van der Waals surface area contributed by atoms with Crippen LogP contribution in [0.1, 0.15) is 19.4 Å². The number of fused-ring (bicyclic) bond motifs is 1. The highest BCUT2D eigenvalue weighted by Crippen LogP contribution is 2.30. The van der Waals surface area contributed by atoms with E-state index in [9.17, 15) is 0 Å². The second-order valence-electron chi connectivity index (χ2n) is 4.00. The Morgan fingerprint density at radius 3 is 2.50 bits per heavy atom. The summed E-state index contributed by atoms with van der Waals surface area (Å²) < 4.78 is 0. The number of nitrogens with zero attached hydrogens (tertiary/aromatic N) is 4. The van der Waals surface area contributed by atoms with E-state index >= 15 is 0 Å². The molecular formula is C15H15N5. The minimum Gasteiger partial charge on any atom is -0.278 e. The van der Waals surface area contributed by atoms with E-state index in [1.807, 2.05) is 32.9 Å². The summed E-state index contributed by atoms with van der Waals surface area (Å²) in [4.78, 5) is 11.5. The van der Waals surface area contributed by atoms with Crippen LogP contribution >= 0.6 is 0 Å². The van der Waals surface area contributed by atoms with Crippen LogP contribution in [0.4, 0.5) is 5.69 Å². The Bertz CT molecular complexity index is 753. The minimum absolute atomic E-state index is 0.641. The Morgan fingerprint density at radius 1 is 1.15 bits per heavy atom. The SMILES string of the molecule is CC.[C-]#[N+]c1cc2[nH]nc(-c3cncnc3)c2cc1C.